The maximum absolute atomic E-state index is 12.9. The smallest absolute Gasteiger partial charge is 0.369 e. The molecule has 0 unspecified atom stereocenters. The lowest BCUT2D eigenvalue weighted by Crippen LogP contribution is -2.47. The van der Waals surface area contributed by atoms with E-state index in [0.717, 1.165) is 0 Å². The van der Waals surface area contributed by atoms with Crippen LogP contribution < -0.4 is 0 Å². The molecule has 0 aliphatic heterocycles. The van der Waals surface area contributed by atoms with Crippen LogP contribution in [0.2, 0.25) is 0 Å². The van der Waals surface area contributed by atoms with Gasteiger partial charge in [-0.15, -0.1) is 0 Å². The monoisotopic (exact) mass is 294 g/mol. The van der Waals surface area contributed by atoms with Gasteiger partial charge < -0.3 is 4.74 Å². The van der Waals surface area contributed by atoms with Crippen molar-refractivity contribution < 1.29 is 35.9 Å². The van der Waals surface area contributed by atoms with E-state index in [9.17, 15) is 31.1 Å². The zero-order valence-corrected chi connectivity index (χ0v) is 10.8. The van der Waals surface area contributed by atoms with Gasteiger partial charge >= 0.3 is 24.2 Å². The summed E-state index contributed by atoms with van der Waals surface area (Å²) in [5.41, 5.74) is -0.944. The van der Waals surface area contributed by atoms with Crippen LogP contribution in [0.25, 0.3) is 0 Å². The molecule has 114 valence electrons. The van der Waals surface area contributed by atoms with Crippen molar-refractivity contribution in [2.24, 2.45) is 5.41 Å². The van der Waals surface area contributed by atoms with Crippen molar-refractivity contribution in [1.82, 2.24) is 0 Å². The Morgan fingerprint density at radius 3 is 2.00 bits per heavy atom. The van der Waals surface area contributed by atoms with Gasteiger partial charge in [0.1, 0.15) is 0 Å². The van der Waals surface area contributed by atoms with Crippen LogP contribution in [-0.2, 0) is 9.53 Å². The Bertz CT molecular complexity index is 314. The number of carbonyl (C=O) groups is 1. The van der Waals surface area contributed by atoms with E-state index in [1.807, 2.05) is 0 Å². The van der Waals surface area contributed by atoms with Gasteiger partial charge in [0.25, 0.3) is 0 Å². The molecule has 0 saturated heterocycles. The van der Waals surface area contributed by atoms with E-state index >= 15 is 0 Å². The Balaban J connectivity index is 4.47. The molecule has 8 heteroatoms. The van der Waals surface area contributed by atoms with E-state index in [0.29, 0.717) is 6.42 Å². The van der Waals surface area contributed by atoms with Gasteiger partial charge in [0.15, 0.2) is 0 Å². The van der Waals surface area contributed by atoms with Crippen LogP contribution in [0.3, 0.4) is 0 Å². The molecule has 0 aliphatic carbocycles. The highest BCUT2D eigenvalue weighted by Gasteiger charge is 2.62. The van der Waals surface area contributed by atoms with Crippen molar-refractivity contribution in [2.75, 3.05) is 6.61 Å². The number of carbonyl (C=O) groups excluding carboxylic acids is 1. The summed E-state index contributed by atoms with van der Waals surface area (Å²) < 4.78 is 78.7. The van der Waals surface area contributed by atoms with E-state index in [-0.39, 0.29) is 0 Å². The number of ether oxygens (including phenoxy) is 1. The van der Waals surface area contributed by atoms with Crippen LogP contribution in [0.5, 0.6) is 0 Å². The van der Waals surface area contributed by atoms with Crippen LogP contribution in [0.4, 0.5) is 26.3 Å². The fourth-order valence-electron chi connectivity index (χ4n) is 0.938. The highest BCUT2D eigenvalue weighted by atomic mass is 19.3. The lowest BCUT2D eigenvalue weighted by atomic mass is 9.91. The summed E-state index contributed by atoms with van der Waals surface area (Å²) in [6.07, 6.45) is -5.78. The van der Waals surface area contributed by atoms with Gasteiger partial charge in [-0.1, -0.05) is 6.92 Å². The van der Waals surface area contributed by atoms with Crippen molar-refractivity contribution in [2.45, 2.75) is 51.9 Å². The van der Waals surface area contributed by atoms with Gasteiger partial charge in [-0.3, -0.25) is 4.79 Å². The Kier molecular flexibility index (Phi) is 5.70. The molecule has 0 amide bonds. The Morgan fingerprint density at radius 1 is 1.16 bits per heavy atom. The summed E-state index contributed by atoms with van der Waals surface area (Å²) in [4.78, 5) is 11.4. The van der Waals surface area contributed by atoms with E-state index in [1.165, 1.54) is 13.8 Å². The average Bonchev–Trinajstić information content (AvgIpc) is 2.27. The number of hydrogen-bond donors (Lipinski definition) is 0. The molecule has 0 bridgehead atoms. The second-order valence-corrected chi connectivity index (χ2v) is 4.75. The first-order chi connectivity index (χ1) is 8.38. The third-order valence-electron chi connectivity index (χ3n) is 2.85. The number of rotatable bonds is 7. The highest BCUT2D eigenvalue weighted by molar-refractivity contribution is 5.75. The number of hydrogen-bond acceptors (Lipinski definition) is 2. The van der Waals surface area contributed by atoms with Crippen molar-refractivity contribution in [3.05, 3.63) is 0 Å². The van der Waals surface area contributed by atoms with Crippen LogP contribution in [0.15, 0.2) is 0 Å². The van der Waals surface area contributed by atoms with Gasteiger partial charge in [-0.25, -0.2) is 8.78 Å². The fraction of sp³-hybridized carbons (Fsp3) is 0.909. The normalized spacial score (nSPS) is 13.8. The zero-order valence-electron chi connectivity index (χ0n) is 10.8. The van der Waals surface area contributed by atoms with Gasteiger partial charge in [-0.05, 0) is 20.3 Å². The number of alkyl halides is 6. The largest absolute Gasteiger partial charge is 0.465 e. The maximum Gasteiger partial charge on any atom is 0.369 e. The molecule has 0 atom stereocenters. The first-order valence-electron chi connectivity index (χ1n) is 5.59. The molecule has 0 rings (SSSR count). The first kappa shape index (κ1) is 18.0. The Labute approximate surface area is 107 Å². The zero-order chi connectivity index (χ0) is 15.5. The maximum atomic E-state index is 12.9. The number of halogens is 6. The summed E-state index contributed by atoms with van der Waals surface area (Å²) in [6.45, 7) is 3.58. The van der Waals surface area contributed by atoms with Crippen molar-refractivity contribution in [3.63, 3.8) is 0 Å². The average molecular weight is 294 g/mol. The van der Waals surface area contributed by atoms with Gasteiger partial charge in [0.05, 0.1) is 18.4 Å². The molecule has 0 fully saturated rings. The molecular formula is C11H16F6O2. The quantitative estimate of drug-likeness (QED) is 0.526. The van der Waals surface area contributed by atoms with Crippen LogP contribution in [0.1, 0.15) is 33.6 Å². The fourth-order valence-corrected chi connectivity index (χ4v) is 0.938. The van der Waals surface area contributed by atoms with Gasteiger partial charge in [0.2, 0.25) is 0 Å². The molecule has 0 aromatic carbocycles. The molecule has 0 saturated carbocycles. The Morgan fingerprint density at radius 2 is 1.63 bits per heavy atom. The molecule has 2 nitrogen and oxygen atoms in total. The minimum Gasteiger partial charge on any atom is -0.465 e. The second kappa shape index (κ2) is 6.00. The standard InChI is InChI=1S/C11H16F6O2/c1-4-9(2,3)8(18)19-6-5-10(14,15)11(16,17)7(12)13/h7H,4-6H2,1-3H3. The van der Waals surface area contributed by atoms with E-state index in [2.05, 4.69) is 4.74 Å². The summed E-state index contributed by atoms with van der Waals surface area (Å²) in [7, 11) is 0. The van der Waals surface area contributed by atoms with E-state index in [1.54, 1.807) is 6.92 Å². The van der Waals surface area contributed by atoms with Crippen molar-refractivity contribution in [1.29, 1.82) is 0 Å². The summed E-state index contributed by atoms with van der Waals surface area (Å²) in [5.74, 6) is -11.2. The van der Waals surface area contributed by atoms with Crippen LogP contribution in [0, 0.1) is 5.41 Å². The lowest BCUT2D eigenvalue weighted by molar-refractivity contribution is -0.268. The minimum absolute atomic E-state index is 0.357. The summed E-state index contributed by atoms with van der Waals surface area (Å²) in [6, 6.07) is 0. The molecule has 0 aromatic heterocycles. The topological polar surface area (TPSA) is 26.3 Å². The molecular weight excluding hydrogens is 278 g/mol. The second-order valence-electron chi connectivity index (χ2n) is 4.75. The van der Waals surface area contributed by atoms with E-state index in [4.69, 9.17) is 0 Å². The molecule has 0 heterocycles. The highest BCUT2D eigenvalue weighted by Crippen LogP contribution is 2.41. The third kappa shape index (κ3) is 4.28. The lowest BCUT2D eigenvalue weighted by Gasteiger charge is -2.26. The summed E-state index contributed by atoms with van der Waals surface area (Å²) >= 11 is 0. The third-order valence-corrected chi connectivity index (χ3v) is 2.85. The predicted molar refractivity (Wildman–Crippen MR) is 55.5 cm³/mol. The van der Waals surface area contributed by atoms with Crippen LogP contribution in [-0.4, -0.2) is 30.8 Å². The Hall–Kier alpha value is -0.950. The van der Waals surface area contributed by atoms with Crippen LogP contribution >= 0.6 is 0 Å². The molecule has 0 aromatic rings. The molecule has 0 radical (unpaired) electrons. The molecule has 0 aliphatic rings. The molecule has 0 spiro atoms. The number of esters is 1. The first-order valence-corrected chi connectivity index (χ1v) is 5.59. The van der Waals surface area contributed by atoms with Crippen molar-refractivity contribution in [3.8, 4) is 0 Å². The van der Waals surface area contributed by atoms with E-state index < -0.39 is 42.7 Å². The predicted octanol–water partition coefficient (Wildman–Crippen LogP) is 3.89. The molecule has 0 N–H and O–H groups in total. The van der Waals surface area contributed by atoms with Gasteiger partial charge in [-0.2, -0.15) is 17.6 Å². The van der Waals surface area contributed by atoms with Crippen molar-refractivity contribution >= 4 is 5.97 Å². The molecule has 19 heavy (non-hydrogen) atoms. The minimum atomic E-state index is -5.44. The SMILES string of the molecule is CCC(C)(C)C(=O)OCCC(F)(F)C(F)(F)C(F)F. The summed E-state index contributed by atoms with van der Waals surface area (Å²) in [5, 5.41) is 0. The van der Waals surface area contributed by atoms with Gasteiger partial charge in [0, 0.05) is 0 Å².